The van der Waals surface area contributed by atoms with Crippen molar-refractivity contribution in [3.63, 3.8) is 0 Å². The smallest absolute Gasteiger partial charge is 0.320 e. The van der Waals surface area contributed by atoms with Crippen molar-refractivity contribution in [2.24, 2.45) is 69.7 Å². The Morgan fingerprint density at radius 1 is 0.360 bits per heavy atom. The predicted octanol–water partition coefficient (Wildman–Crippen LogP) is 7.33. The molecule has 0 spiro atoms. The summed E-state index contributed by atoms with van der Waals surface area (Å²) in [5, 5.41) is 60.8. The van der Waals surface area contributed by atoms with E-state index in [0.717, 1.165) is 46.9 Å². The summed E-state index contributed by atoms with van der Waals surface area (Å²) in [6, 6.07) is 37.9. The van der Waals surface area contributed by atoms with Crippen molar-refractivity contribution in [3.8, 4) is 0 Å². The minimum absolute atomic E-state index is 0.0203. The standard InChI is InChI=1S/C16H19NO4.C15H17NO4.C15H19NO4.C14H16FNO4.C14H17NO5.C13H15NO5.C13H15NO4S/c1-9-2-7-12(14(9)18)15(19)11-5-3-10(4-6-11)8-13(17)16(20)21;16-12(15(19)20)8-9-4-6-10(7-5-9)14(18)11-2-1-3-13(11)17;1-3-13(17)9(2)14(18)11-6-4-10(5-7-11)8-12(16)15(19)20;1-2-11(17)12(15)13(18)9-5-3-8(4-6-9)7-10(16)14(19)20;1-8(14(19)20-2)12(16)10-5-3-9(4-6-10)7-11(15)13(17)18;2*1-19-12(16)7-11(15)9-4-2-8(3-5-9)6-10(14)13(17)18/h3-6,9,12-13H,2,7-8,17H2,1H3,(H,20,21);4-7,11-12H,1-3,8,16H2,(H,19,20);4-7,9,12H,3,8,16H2,1-2H3,(H,19,20);3-6,10,12H,2,7,16H2,1H3,(H,19,20);3-6,8,11H,7,15H2,1-2H3,(H,17,18);2*2-5,10H,6-7,14H2,1H3,(H,17,18). The summed E-state index contributed by atoms with van der Waals surface area (Å²) in [5.41, 5.74) is 45.7. The van der Waals surface area contributed by atoms with E-state index in [1.54, 1.807) is 154 Å². The van der Waals surface area contributed by atoms with Crippen LogP contribution in [0.5, 0.6) is 0 Å². The van der Waals surface area contributed by atoms with Crippen molar-refractivity contribution >= 4 is 134 Å². The fourth-order valence-corrected chi connectivity index (χ4v) is 13.5. The molecule has 7 aromatic carbocycles. The zero-order valence-corrected chi connectivity index (χ0v) is 78.6. The predicted molar refractivity (Wildman–Crippen MR) is 505 cm³/mol. The van der Waals surface area contributed by atoms with E-state index in [9.17, 15) is 105 Å². The molecule has 9 rings (SSSR count). The number of carboxylic acids is 7. The molecule has 39 heteroatoms. The first kappa shape index (κ1) is 119. The van der Waals surface area contributed by atoms with E-state index in [-0.39, 0.29) is 133 Å². The zero-order valence-electron chi connectivity index (χ0n) is 77.8. The molecule has 0 bridgehead atoms. The van der Waals surface area contributed by atoms with Gasteiger partial charge in [-0.1, -0.05) is 202 Å². The summed E-state index contributed by atoms with van der Waals surface area (Å²) in [6.07, 6.45) is 3.90. The van der Waals surface area contributed by atoms with Gasteiger partial charge in [-0.3, -0.25) is 101 Å². The molecular weight excluding hydrogens is 1830 g/mol. The second kappa shape index (κ2) is 59.7. The highest BCUT2D eigenvalue weighted by atomic mass is 32.2. The number of hydrogen-bond donors (Lipinski definition) is 14. The van der Waals surface area contributed by atoms with Gasteiger partial charge in [0.1, 0.15) is 72.0 Å². The van der Waals surface area contributed by atoms with Crippen LogP contribution in [-0.4, -0.2) is 227 Å². The van der Waals surface area contributed by atoms with Gasteiger partial charge in [-0.05, 0) is 130 Å². The average molecular weight is 1950 g/mol. The van der Waals surface area contributed by atoms with E-state index in [0.29, 0.717) is 75.8 Å². The summed E-state index contributed by atoms with van der Waals surface area (Å²) < 4.78 is 22.4. The molecule has 2 fully saturated rings. The molecule has 0 amide bonds. The molecule has 0 radical (unpaired) electrons. The number of benzene rings is 7. The number of Topliss-reactive ketones (excluding diaryl/α,β-unsaturated/α-hetero) is 11. The summed E-state index contributed by atoms with van der Waals surface area (Å²) >= 11 is 1.02. The monoisotopic (exact) mass is 1950 g/mol. The number of ketones is 11. The number of esters is 2. The van der Waals surface area contributed by atoms with Crippen LogP contribution >= 0.6 is 11.8 Å². The van der Waals surface area contributed by atoms with Crippen molar-refractivity contribution in [3.05, 3.63) is 248 Å². The highest BCUT2D eigenvalue weighted by Gasteiger charge is 2.37. The van der Waals surface area contributed by atoms with E-state index in [1.165, 1.54) is 64.5 Å². The van der Waals surface area contributed by atoms with E-state index >= 15 is 0 Å². The van der Waals surface area contributed by atoms with E-state index in [4.69, 9.17) is 75.9 Å². The SMILES string of the molecule is CC1CCC(C(=O)c2ccc(CC(N)C(=O)O)cc2)C1=O.CCC(=O)C(C)C(=O)c1ccc(CC(N)C(=O)O)cc1.CCC(=O)C(F)C(=O)c1ccc(CC(N)C(=O)O)cc1.COC(=O)C(C)C(=O)c1ccc(CC(N)C(=O)O)cc1.COC(=O)CC(=O)c1ccc(CC(N)C(=O)O)cc1.CSC(=O)CC(=O)c1ccc(CC(N)C(=O)O)cc1.NC(Cc1ccc(C(=O)C2CCCC2=O)cc1)C(=O)O. The first-order valence-electron chi connectivity index (χ1n) is 43.6. The molecule has 2 aliphatic rings. The lowest BCUT2D eigenvalue weighted by Crippen LogP contribution is -2.32. The minimum Gasteiger partial charge on any atom is -0.480 e. The van der Waals surface area contributed by atoms with Gasteiger partial charge in [0.2, 0.25) is 12.0 Å². The lowest BCUT2D eigenvalue weighted by molar-refractivity contribution is -0.143. The highest BCUT2D eigenvalue weighted by Crippen LogP contribution is 2.31. The molecule has 0 aromatic heterocycles. The van der Waals surface area contributed by atoms with Gasteiger partial charge in [0.25, 0.3) is 0 Å². The molecule has 7 aromatic rings. The number of aliphatic carboxylic acids is 7. The van der Waals surface area contributed by atoms with Crippen LogP contribution in [0.4, 0.5) is 4.39 Å². The summed E-state index contributed by atoms with van der Waals surface area (Å²) in [4.78, 5) is 238. The van der Waals surface area contributed by atoms with Crippen molar-refractivity contribution in [2.75, 3.05) is 20.5 Å². The number of carbonyl (C=O) groups excluding carboxylic acids is 14. The Hall–Kier alpha value is -14.2. The molecule has 0 aliphatic heterocycles. The normalized spacial score (nSPS) is 15.4. The summed E-state index contributed by atoms with van der Waals surface area (Å²) in [7, 11) is 2.44. The Kier molecular flexibility index (Phi) is 51.1. The summed E-state index contributed by atoms with van der Waals surface area (Å²) in [6.45, 7) is 8.14. The van der Waals surface area contributed by atoms with Crippen LogP contribution in [0.2, 0.25) is 0 Å². The van der Waals surface area contributed by atoms with Crippen molar-refractivity contribution < 1.29 is 150 Å². The molecule has 37 nitrogen and oxygen atoms in total. The van der Waals surface area contributed by atoms with Crippen molar-refractivity contribution in [1.29, 1.82) is 0 Å². The van der Waals surface area contributed by atoms with Crippen LogP contribution < -0.4 is 40.1 Å². The van der Waals surface area contributed by atoms with Gasteiger partial charge in [0, 0.05) is 64.1 Å². The molecule has 0 heterocycles. The van der Waals surface area contributed by atoms with E-state index in [1.807, 2.05) is 6.92 Å². The number of alkyl halides is 1. The number of carbonyl (C=O) groups is 21. The second-order valence-electron chi connectivity index (χ2n) is 32.4. The fraction of sp³-hybridized carbons (Fsp3) is 0.370. The van der Waals surface area contributed by atoms with E-state index < -0.39 is 137 Å². The van der Waals surface area contributed by atoms with Gasteiger partial charge in [-0.2, -0.15) is 0 Å². The maximum atomic E-state index is 13.5. The molecule has 2 saturated carbocycles. The largest absolute Gasteiger partial charge is 0.480 e. The average Bonchev–Trinajstić information content (AvgIpc) is 1.68. The van der Waals surface area contributed by atoms with Gasteiger partial charge in [-0.15, -0.1) is 0 Å². The topological polar surface area (TPSA) is 701 Å². The van der Waals surface area contributed by atoms with E-state index in [2.05, 4.69) is 9.47 Å². The Balaban J connectivity index is 0.000000417. The summed E-state index contributed by atoms with van der Waals surface area (Å²) in [5.74, 6) is -14.4. The molecule has 21 N–H and O–H groups in total. The molecule has 139 heavy (non-hydrogen) atoms. The second-order valence-corrected chi connectivity index (χ2v) is 33.3. The van der Waals surface area contributed by atoms with Gasteiger partial charge in [-0.25, -0.2) is 4.39 Å². The third-order valence-electron chi connectivity index (χ3n) is 21.9. The minimum atomic E-state index is -2.15. The van der Waals surface area contributed by atoms with Crippen molar-refractivity contribution in [2.45, 2.75) is 186 Å². The maximum Gasteiger partial charge on any atom is 0.320 e. The molecule has 746 valence electrons. The van der Waals surface area contributed by atoms with Crippen LogP contribution in [-0.2, 0) is 122 Å². The Morgan fingerprint density at radius 2 is 0.626 bits per heavy atom. The third kappa shape index (κ3) is 40.6. The van der Waals surface area contributed by atoms with Gasteiger partial charge < -0.3 is 85.4 Å². The number of rotatable bonds is 42. The van der Waals surface area contributed by atoms with Crippen molar-refractivity contribution in [1.82, 2.24) is 0 Å². The number of hydrogen-bond acceptors (Lipinski definition) is 31. The molecule has 13 atom stereocenters. The fourth-order valence-electron chi connectivity index (χ4n) is 13.2. The number of carboxylic acid groups (broad SMARTS) is 7. The first-order chi connectivity index (χ1) is 65.3. The maximum absolute atomic E-state index is 13.5. The first-order valence-corrected chi connectivity index (χ1v) is 44.8. The van der Waals surface area contributed by atoms with Gasteiger partial charge in [0.15, 0.2) is 45.6 Å². The lowest BCUT2D eigenvalue weighted by atomic mass is 9.93. The molecule has 13 unspecified atom stereocenters. The molecule has 0 saturated heterocycles. The Morgan fingerprint density at radius 3 is 0.871 bits per heavy atom. The highest BCUT2D eigenvalue weighted by molar-refractivity contribution is 8.13. The number of methoxy groups -OCH3 is 2. The third-order valence-corrected chi connectivity index (χ3v) is 22.5. The van der Waals surface area contributed by atoms with Gasteiger partial charge in [0.05, 0.1) is 38.4 Å². The quantitative estimate of drug-likeness (QED) is 0.0101. The lowest BCUT2D eigenvalue weighted by Gasteiger charge is -2.10. The van der Waals surface area contributed by atoms with Crippen LogP contribution in [0.1, 0.15) is 204 Å². The molecular formula is C100H118FN7O30S. The van der Waals surface area contributed by atoms with Crippen LogP contribution in [0, 0.1) is 29.6 Å². The number of halogens is 1. The van der Waals surface area contributed by atoms with Crippen LogP contribution in [0.25, 0.3) is 0 Å². The number of nitrogens with two attached hydrogens (primary N) is 7. The molecule has 2 aliphatic carbocycles. The van der Waals surface area contributed by atoms with Crippen LogP contribution in [0.3, 0.4) is 0 Å². The van der Waals surface area contributed by atoms with Gasteiger partial charge >= 0.3 is 53.7 Å². The van der Waals surface area contributed by atoms with Crippen LogP contribution in [0.15, 0.2) is 170 Å². The number of thioether (sulfide) groups is 1. The number of ether oxygens (including phenoxy) is 2. The Bertz CT molecular complexity index is 5160. The Labute approximate surface area is 804 Å². The zero-order chi connectivity index (χ0) is 105.